The van der Waals surface area contributed by atoms with Gasteiger partial charge in [-0.25, -0.2) is 13.4 Å². The van der Waals surface area contributed by atoms with Crippen LogP contribution in [0.1, 0.15) is 30.1 Å². The number of amides is 1. The largest absolute Gasteiger partial charge is 0.342 e. The molecule has 5 rings (SSSR count). The van der Waals surface area contributed by atoms with Crippen LogP contribution in [0, 0.1) is 0 Å². The van der Waals surface area contributed by atoms with Crippen molar-refractivity contribution in [1.29, 1.82) is 0 Å². The Bertz CT molecular complexity index is 1400. The second-order valence-corrected chi connectivity index (χ2v) is 11.8. The Kier molecular flexibility index (Phi) is 7.41. The van der Waals surface area contributed by atoms with Gasteiger partial charge in [-0.3, -0.25) is 4.79 Å². The lowest BCUT2D eigenvalue weighted by Crippen LogP contribution is -2.38. The van der Waals surface area contributed by atoms with Crippen LogP contribution in [0.2, 0.25) is 0 Å². The van der Waals surface area contributed by atoms with E-state index >= 15 is 0 Å². The summed E-state index contributed by atoms with van der Waals surface area (Å²) in [6.45, 7) is 0.891. The Morgan fingerprint density at radius 2 is 1.67 bits per heavy atom. The molecule has 1 aliphatic heterocycles. The molecule has 1 saturated heterocycles. The van der Waals surface area contributed by atoms with Crippen LogP contribution in [0.15, 0.2) is 83.8 Å². The molecule has 186 valence electrons. The van der Waals surface area contributed by atoms with Crippen molar-refractivity contribution in [3.8, 4) is 0 Å². The molecule has 1 amide bonds. The fraction of sp³-hybridized carbons (Fsp3) is 0.259. The Balaban J connectivity index is 1.14. The highest BCUT2D eigenvalue weighted by Gasteiger charge is 2.31. The number of sulfonamides is 1. The molecular formula is C27H28N4O3S2. The van der Waals surface area contributed by atoms with Crippen LogP contribution < -0.4 is 5.32 Å². The Labute approximate surface area is 215 Å². The number of imidazole rings is 1. The number of para-hydroxylation sites is 2. The van der Waals surface area contributed by atoms with Crippen LogP contribution in [0.5, 0.6) is 0 Å². The van der Waals surface area contributed by atoms with Crippen molar-refractivity contribution in [1.82, 2.24) is 14.3 Å². The summed E-state index contributed by atoms with van der Waals surface area (Å²) in [7, 11) is -3.60. The van der Waals surface area contributed by atoms with Crippen LogP contribution in [0.3, 0.4) is 0 Å². The third-order valence-electron chi connectivity index (χ3n) is 6.37. The number of nitrogens with one attached hydrogen (secondary N) is 2. The lowest BCUT2D eigenvalue weighted by atomic mass is 9.97. The minimum absolute atomic E-state index is 0.112. The van der Waals surface area contributed by atoms with Crippen molar-refractivity contribution in [2.75, 3.05) is 24.2 Å². The van der Waals surface area contributed by atoms with Gasteiger partial charge in [0.25, 0.3) is 0 Å². The maximum atomic E-state index is 13.2. The van der Waals surface area contributed by atoms with Crippen molar-refractivity contribution < 1.29 is 13.2 Å². The first-order chi connectivity index (χ1) is 17.5. The van der Waals surface area contributed by atoms with E-state index in [2.05, 4.69) is 15.3 Å². The van der Waals surface area contributed by atoms with Gasteiger partial charge in [-0.15, -0.1) is 11.8 Å². The summed E-state index contributed by atoms with van der Waals surface area (Å²) in [6.07, 6.45) is 1.43. The van der Waals surface area contributed by atoms with Gasteiger partial charge in [0.2, 0.25) is 15.9 Å². The monoisotopic (exact) mass is 520 g/mol. The molecule has 0 aliphatic carbocycles. The molecule has 1 aromatic heterocycles. The molecule has 2 N–H and O–H groups in total. The number of carbonyl (C=O) groups is 1. The number of carbonyl (C=O) groups excluding carboxylic acids is 1. The number of thioether (sulfide) groups is 1. The number of anilines is 1. The Morgan fingerprint density at radius 1 is 0.972 bits per heavy atom. The molecule has 0 unspecified atom stereocenters. The molecule has 7 nitrogen and oxygen atoms in total. The smallest absolute Gasteiger partial charge is 0.243 e. The molecule has 3 aromatic carbocycles. The highest BCUT2D eigenvalue weighted by molar-refractivity contribution is 7.99. The molecule has 0 spiro atoms. The third-order valence-corrected chi connectivity index (χ3v) is 9.29. The number of fused-ring (bicyclic) bond motifs is 1. The zero-order chi connectivity index (χ0) is 25.0. The van der Waals surface area contributed by atoms with E-state index in [4.69, 9.17) is 0 Å². The number of H-pyrrole nitrogens is 1. The van der Waals surface area contributed by atoms with Crippen LogP contribution in [0.4, 0.5) is 5.69 Å². The van der Waals surface area contributed by atoms with E-state index in [0.29, 0.717) is 37.4 Å². The van der Waals surface area contributed by atoms with Crippen LogP contribution >= 0.6 is 11.8 Å². The molecule has 1 aliphatic rings. The lowest BCUT2D eigenvalue weighted by Gasteiger charge is -2.30. The number of benzene rings is 3. The van der Waals surface area contributed by atoms with E-state index < -0.39 is 10.0 Å². The van der Waals surface area contributed by atoms with E-state index in [9.17, 15) is 13.2 Å². The standard InChI is InChI=1S/C27H28N4O3S2/c32-26(19-35-18-20-6-2-1-3-7-20)28-22-10-12-23(13-11-22)36(33,34)31-16-14-21(15-17-31)27-29-24-8-4-5-9-25(24)30-27/h1-13,21H,14-19H2,(H,28,32)(H,29,30). The first-order valence-electron chi connectivity index (χ1n) is 12.0. The minimum Gasteiger partial charge on any atom is -0.342 e. The predicted octanol–water partition coefficient (Wildman–Crippen LogP) is 5.00. The maximum absolute atomic E-state index is 13.2. The van der Waals surface area contributed by atoms with Gasteiger partial charge in [-0.05, 0) is 54.8 Å². The van der Waals surface area contributed by atoms with Gasteiger partial charge >= 0.3 is 0 Å². The van der Waals surface area contributed by atoms with Gasteiger partial charge in [0.15, 0.2) is 0 Å². The van der Waals surface area contributed by atoms with Crippen molar-refractivity contribution in [2.24, 2.45) is 0 Å². The molecule has 36 heavy (non-hydrogen) atoms. The summed E-state index contributed by atoms with van der Waals surface area (Å²) in [6, 6.07) is 24.3. The molecule has 2 heterocycles. The summed E-state index contributed by atoms with van der Waals surface area (Å²) in [5.74, 6) is 2.11. The Hall–Kier alpha value is -3.14. The van der Waals surface area contributed by atoms with Crippen molar-refractivity contribution in [3.05, 3.63) is 90.3 Å². The molecule has 4 aromatic rings. The number of aromatic amines is 1. The van der Waals surface area contributed by atoms with Crippen molar-refractivity contribution in [2.45, 2.75) is 29.4 Å². The summed E-state index contributed by atoms with van der Waals surface area (Å²) < 4.78 is 27.9. The summed E-state index contributed by atoms with van der Waals surface area (Å²) in [5.41, 5.74) is 3.70. The molecule has 1 fully saturated rings. The SMILES string of the molecule is O=C(CSCc1ccccc1)Nc1ccc(S(=O)(=O)N2CCC(c3nc4ccccc4[nH]3)CC2)cc1. The van der Waals surface area contributed by atoms with Crippen LogP contribution in [-0.4, -0.2) is 47.4 Å². The summed E-state index contributed by atoms with van der Waals surface area (Å²) in [5, 5.41) is 2.84. The zero-order valence-electron chi connectivity index (χ0n) is 19.8. The Morgan fingerprint density at radius 3 is 2.39 bits per heavy atom. The minimum atomic E-state index is -3.60. The van der Waals surface area contributed by atoms with Crippen molar-refractivity contribution in [3.63, 3.8) is 0 Å². The highest BCUT2D eigenvalue weighted by atomic mass is 32.2. The second kappa shape index (κ2) is 10.9. The highest BCUT2D eigenvalue weighted by Crippen LogP contribution is 2.30. The quantitative estimate of drug-likeness (QED) is 0.341. The fourth-order valence-electron chi connectivity index (χ4n) is 4.43. The van der Waals surface area contributed by atoms with E-state index in [-0.39, 0.29) is 16.7 Å². The van der Waals surface area contributed by atoms with Gasteiger partial charge < -0.3 is 10.3 Å². The summed E-state index contributed by atoms with van der Waals surface area (Å²) in [4.78, 5) is 20.6. The number of aromatic nitrogens is 2. The maximum Gasteiger partial charge on any atom is 0.243 e. The fourth-order valence-corrected chi connectivity index (χ4v) is 6.69. The predicted molar refractivity (Wildman–Crippen MR) is 145 cm³/mol. The second-order valence-electron chi connectivity index (χ2n) is 8.87. The van der Waals surface area contributed by atoms with E-state index in [0.717, 1.165) is 22.6 Å². The van der Waals surface area contributed by atoms with E-state index in [1.54, 1.807) is 28.6 Å². The number of piperidine rings is 1. The zero-order valence-corrected chi connectivity index (χ0v) is 21.4. The average molecular weight is 521 g/mol. The van der Waals surface area contributed by atoms with E-state index in [1.165, 1.54) is 17.3 Å². The molecule has 0 atom stereocenters. The van der Waals surface area contributed by atoms with Gasteiger partial charge in [0.05, 0.1) is 21.7 Å². The topological polar surface area (TPSA) is 95.2 Å². The third kappa shape index (κ3) is 5.64. The van der Waals surface area contributed by atoms with E-state index in [1.807, 2.05) is 54.6 Å². The van der Waals surface area contributed by atoms with Gasteiger partial charge in [-0.2, -0.15) is 4.31 Å². The molecule has 0 saturated carbocycles. The molecule has 0 bridgehead atoms. The van der Waals surface area contributed by atoms with Crippen molar-refractivity contribution >= 4 is 44.4 Å². The first kappa shape index (κ1) is 24.5. The summed E-state index contributed by atoms with van der Waals surface area (Å²) >= 11 is 1.54. The van der Waals surface area contributed by atoms with Gasteiger partial charge in [-0.1, -0.05) is 42.5 Å². The number of nitrogens with zero attached hydrogens (tertiary/aromatic N) is 2. The number of hydrogen-bond donors (Lipinski definition) is 2. The number of rotatable bonds is 8. The molecule has 9 heteroatoms. The lowest BCUT2D eigenvalue weighted by molar-refractivity contribution is -0.113. The van der Waals surface area contributed by atoms with Crippen LogP contribution in [0.25, 0.3) is 11.0 Å². The average Bonchev–Trinajstić information content (AvgIpc) is 3.34. The normalized spacial score (nSPS) is 15.2. The van der Waals surface area contributed by atoms with Gasteiger partial charge in [0.1, 0.15) is 5.82 Å². The number of hydrogen-bond acceptors (Lipinski definition) is 5. The molecular weight excluding hydrogens is 492 g/mol. The molecule has 0 radical (unpaired) electrons. The van der Waals surface area contributed by atoms with Crippen LogP contribution in [-0.2, 0) is 20.6 Å². The first-order valence-corrected chi connectivity index (χ1v) is 14.5. The van der Waals surface area contributed by atoms with Gasteiger partial charge in [0, 0.05) is 30.4 Å².